The van der Waals surface area contributed by atoms with Gasteiger partial charge in [-0.15, -0.1) is 0 Å². The van der Waals surface area contributed by atoms with Crippen molar-refractivity contribution < 1.29 is 0 Å². The van der Waals surface area contributed by atoms with Crippen molar-refractivity contribution in [2.45, 2.75) is 50.3 Å². The summed E-state index contributed by atoms with van der Waals surface area (Å²) in [5, 5.41) is 7.63. The molecule has 1 aliphatic carbocycles. The van der Waals surface area contributed by atoms with Crippen LogP contribution in [0.1, 0.15) is 39.0 Å². The molecular formula is C14H23BrN4S. The highest BCUT2D eigenvalue weighted by Gasteiger charge is 2.21. The van der Waals surface area contributed by atoms with Crippen LogP contribution in [-0.4, -0.2) is 34.1 Å². The predicted molar refractivity (Wildman–Crippen MR) is 91.7 cm³/mol. The van der Waals surface area contributed by atoms with Crippen LogP contribution < -0.4 is 10.6 Å². The van der Waals surface area contributed by atoms with Crippen LogP contribution in [0.15, 0.2) is 10.7 Å². The van der Waals surface area contributed by atoms with Crippen molar-refractivity contribution in [1.29, 1.82) is 0 Å². The Labute approximate surface area is 134 Å². The summed E-state index contributed by atoms with van der Waals surface area (Å²) in [7, 11) is 0. The van der Waals surface area contributed by atoms with Gasteiger partial charge in [0.2, 0.25) is 5.95 Å². The zero-order valence-electron chi connectivity index (χ0n) is 12.2. The summed E-state index contributed by atoms with van der Waals surface area (Å²) in [6, 6.07) is 0.531. The number of hydrogen-bond acceptors (Lipinski definition) is 5. The summed E-state index contributed by atoms with van der Waals surface area (Å²) in [6.45, 7) is 3.04. The van der Waals surface area contributed by atoms with Crippen molar-refractivity contribution in [3.63, 3.8) is 0 Å². The Hall–Kier alpha value is -0.490. The van der Waals surface area contributed by atoms with E-state index in [1.165, 1.54) is 25.7 Å². The van der Waals surface area contributed by atoms with Crippen molar-refractivity contribution in [1.82, 2.24) is 9.97 Å². The van der Waals surface area contributed by atoms with E-state index >= 15 is 0 Å². The number of nitrogens with one attached hydrogen (secondary N) is 2. The predicted octanol–water partition coefficient (Wildman–Crippen LogP) is 4.15. The third-order valence-electron chi connectivity index (χ3n) is 3.63. The normalized spacial score (nSPS) is 22.6. The van der Waals surface area contributed by atoms with Crippen molar-refractivity contribution in [2.75, 3.05) is 23.4 Å². The van der Waals surface area contributed by atoms with E-state index in [1.807, 2.05) is 18.0 Å². The van der Waals surface area contributed by atoms with Crippen molar-refractivity contribution >= 4 is 39.5 Å². The molecule has 1 aromatic heterocycles. The summed E-state index contributed by atoms with van der Waals surface area (Å²) in [5.41, 5.74) is 0. The van der Waals surface area contributed by atoms with E-state index in [0.717, 1.165) is 28.5 Å². The van der Waals surface area contributed by atoms with Crippen LogP contribution in [0.3, 0.4) is 0 Å². The molecule has 0 amide bonds. The molecule has 1 saturated carbocycles. The minimum Gasteiger partial charge on any atom is -0.366 e. The van der Waals surface area contributed by atoms with Gasteiger partial charge in [0.15, 0.2) is 0 Å². The molecule has 0 unspecified atom stereocenters. The first-order valence-electron chi connectivity index (χ1n) is 7.28. The minimum atomic E-state index is 0.531. The molecule has 0 aromatic carbocycles. The molecule has 2 N–H and O–H groups in total. The first kappa shape index (κ1) is 15.9. The Balaban J connectivity index is 1.94. The highest BCUT2D eigenvalue weighted by molar-refractivity contribution is 9.10. The molecule has 0 radical (unpaired) electrons. The number of hydrogen-bond donors (Lipinski definition) is 2. The van der Waals surface area contributed by atoms with Gasteiger partial charge in [-0.05, 0) is 54.3 Å². The van der Waals surface area contributed by atoms with E-state index in [9.17, 15) is 0 Å². The Morgan fingerprint density at radius 1 is 1.35 bits per heavy atom. The molecule has 1 fully saturated rings. The fourth-order valence-corrected chi connectivity index (χ4v) is 3.48. The SMILES string of the molecule is CCCNc1ncc(Br)c(NC2CCC(SC)CC2)n1. The maximum absolute atomic E-state index is 4.56. The molecule has 0 saturated heterocycles. The number of halogens is 1. The Morgan fingerprint density at radius 3 is 2.75 bits per heavy atom. The molecule has 0 atom stereocenters. The number of anilines is 2. The lowest BCUT2D eigenvalue weighted by Gasteiger charge is -2.28. The summed E-state index contributed by atoms with van der Waals surface area (Å²) in [4.78, 5) is 8.84. The third kappa shape index (κ3) is 4.52. The van der Waals surface area contributed by atoms with Crippen molar-refractivity contribution in [2.24, 2.45) is 0 Å². The average Bonchev–Trinajstić information content (AvgIpc) is 2.49. The topological polar surface area (TPSA) is 49.8 Å². The molecule has 6 heteroatoms. The highest BCUT2D eigenvalue weighted by atomic mass is 79.9. The number of aromatic nitrogens is 2. The highest BCUT2D eigenvalue weighted by Crippen LogP contribution is 2.30. The molecule has 4 nitrogen and oxygen atoms in total. The molecule has 0 bridgehead atoms. The molecule has 1 aliphatic rings. The van der Waals surface area contributed by atoms with Gasteiger partial charge in [0, 0.05) is 24.0 Å². The van der Waals surface area contributed by atoms with Gasteiger partial charge in [0.05, 0.1) is 4.47 Å². The second-order valence-corrected chi connectivity index (χ2v) is 7.16. The van der Waals surface area contributed by atoms with E-state index in [-0.39, 0.29) is 0 Å². The van der Waals surface area contributed by atoms with Gasteiger partial charge in [-0.1, -0.05) is 6.92 Å². The first-order valence-corrected chi connectivity index (χ1v) is 9.36. The lowest BCUT2D eigenvalue weighted by molar-refractivity contribution is 0.472. The van der Waals surface area contributed by atoms with E-state index in [2.05, 4.69) is 49.7 Å². The first-order chi connectivity index (χ1) is 9.72. The average molecular weight is 359 g/mol. The van der Waals surface area contributed by atoms with Gasteiger partial charge in [-0.3, -0.25) is 0 Å². The van der Waals surface area contributed by atoms with Crippen molar-refractivity contribution in [3.05, 3.63) is 10.7 Å². The van der Waals surface area contributed by atoms with E-state index < -0.39 is 0 Å². The summed E-state index contributed by atoms with van der Waals surface area (Å²) in [5.74, 6) is 1.61. The Bertz CT molecular complexity index is 422. The van der Waals surface area contributed by atoms with E-state index in [1.54, 1.807) is 0 Å². The molecular weight excluding hydrogens is 336 g/mol. The molecule has 20 heavy (non-hydrogen) atoms. The zero-order valence-corrected chi connectivity index (χ0v) is 14.6. The van der Waals surface area contributed by atoms with Gasteiger partial charge in [0.1, 0.15) is 5.82 Å². The molecule has 1 heterocycles. The van der Waals surface area contributed by atoms with E-state index in [4.69, 9.17) is 0 Å². The van der Waals surface area contributed by atoms with Gasteiger partial charge < -0.3 is 10.6 Å². The van der Waals surface area contributed by atoms with Crippen LogP contribution in [0.5, 0.6) is 0 Å². The maximum atomic E-state index is 4.56. The van der Waals surface area contributed by atoms with Gasteiger partial charge >= 0.3 is 0 Å². The number of nitrogens with zero attached hydrogens (tertiary/aromatic N) is 2. The van der Waals surface area contributed by atoms with Crippen LogP contribution in [0.2, 0.25) is 0 Å². The summed E-state index contributed by atoms with van der Waals surface area (Å²) in [6.07, 6.45) is 10.1. The van der Waals surface area contributed by atoms with Crippen LogP contribution in [0.4, 0.5) is 11.8 Å². The Kier molecular flexibility index (Phi) is 6.42. The monoisotopic (exact) mass is 358 g/mol. The second-order valence-electron chi connectivity index (χ2n) is 5.17. The quantitative estimate of drug-likeness (QED) is 0.799. The number of rotatable bonds is 6. The lowest BCUT2D eigenvalue weighted by atomic mass is 9.95. The molecule has 0 aliphatic heterocycles. The smallest absolute Gasteiger partial charge is 0.224 e. The lowest BCUT2D eigenvalue weighted by Crippen LogP contribution is -2.27. The van der Waals surface area contributed by atoms with Crippen molar-refractivity contribution in [3.8, 4) is 0 Å². The fourth-order valence-electron chi connectivity index (χ4n) is 2.43. The molecule has 112 valence electrons. The molecule has 2 rings (SSSR count). The van der Waals surface area contributed by atoms with E-state index in [0.29, 0.717) is 12.0 Å². The second kappa shape index (κ2) is 8.08. The minimum absolute atomic E-state index is 0.531. The van der Waals surface area contributed by atoms with Crippen LogP contribution in [-0.2, 0) is 0 Å². The van der Waals surface area contributed by atoms with Crippen LogP contribution in [0, 0.1) is 0 Å². The fraction of sp³-hybridized carbons (Fsp3) is 0.714. The van der Waals surface area contributed by atoms with Gasteiger partial charge in [-0.25, -0.2) is 4.98 Å². The summed E-state index contributed by atoms with van der Waals surface area (Å²) >= 11 is 5.53. The Morgan fingerprint density at radius 2 is 2.10 bits per heavy atom. The third-order valence-corrected chi connectivity index (χ3v) is 5.34. The largest absolute Gasteiger partial charge is 0.366 e. The van der Waals surface area contributed by atoms with Crippen LogP contribution in [0.25, 0.3) is 0 Å². The maximum Gasteiger partial charge on any atom is 0.224 e. The molecule has 0 spiro atoms. The van der Waals surface area contributed by atoms with Gasteiger partial charge in [0.25, 0.3) is 0 Å². The summed E-state index contributed by atoms with van der Waals surface area (Å²) < 4.78 is 0.937. The van der Waals surface area contributed by atoms with Crippen LogP contribution >= 0.6 is 27.7 Å². The standard InChI is InChI=1S/C14H23BrN4S/c1-3-8-16-14-17-9-12(15)13(19-14)18-10-4-6-11(20-2)7-5-10/h9-11H,3-8H2,1-2H3,(H2,16,17,18,19). The molecule has 1 aromatic rings. The van der Waals surface area contributed by atoms with Gasteiger partial charge in [-0.2, -0.15) is 16.7 Å². The number of thioether (sulfide) groups is 1. The zero-order chi connectivity index (χ0) is 14.4.